The molecule has 1 amide bonds. The summed E-state index contributed by atoms with van der Waals surface area (Å²) in [5.74, 6) is 1.41. The third-order valence-corrected chi connectivity index (χ3v) is 3.48. The molecule has 2 rings (SSSR count). The van der Waals surface area contributed by atoms with E-state index in [0.717, 1.165) is 35.5 Å². The summed E-state index contributed by atoms with van der Waals surface area (Å²) in [6.07, 6.45) is 1.51. The van der Waals surface area contributed by atoms with Gasteiger partial charge in [-0.1, -0.05) is 0 Å². The number of nitrogens with two attached hydrogens (primary N) is 1. The third-order valence-electron chi connectivity index (χ3n) is 3.48. The van der Waals surface area contributed by atoms with Crippen LogP contribution in [0.5, 0.6) is 11.5 Å². The van der Waals surface area contributed by atoms with Gasteiger partial charge in [0.1, 0.15) is 11.5 Å². The topological polar surface area (TPSA) is 73.6 Å². The van der Waals surface area contributed by atoms with E-state index in [4.69, 9.17) is 15.2 Å². The molecule has 0 spiro atoms. The van der Waals surface area contributed by atoms with Gasteiger partial charge in [-0.05, 0) is 37.5 Å². The molecular formula is C14H20N2O3. The Hall–Kier alpha value is -1.75. The number of ether oxygens (including phenoxy) is 2. The standard InChI is InChI=1S/C14H20N2O3/c1-9-6-12(19-3)10(7-11(9)18-2)8-16-13(17)14(15)4-5-14/h6-7H,4-5,8,15H2,1-3H3,(H,16,17). The van der Waals surface area contributed by atoms with Crippen LogP contribution < -0.4 is 20.5 Å². The fourth-order valence-electron chi connectivity index (χ4n) is 1.97. The molecule has 1 aromatic carbocycles. The predicted octanol–water partition coefficient (Wildman–Crippen LogP) is 1.12. The van der Waals surface area contributed by atoms with Gasteiger partial charge in [0.15, 0.2) is 0 Å². The van der Waals surface area contributed by atoms with E-state index in [0.29, 0.717) is 6.54 Å². The zero-order chi connectivity index (χ0) is 14.0. The highest BCUT2D eigenvalue weighted by atomic mass is 16.5. The van der Waals surface area contributed by atoms with Gasteiger partial charge >= 0.3 is 0 Å². The third kappa shape index (κ3) is 2.81. The average molecular weight is 264 g/mol. The number of carbonyl (C=O) groups is 1. The van der Waals surface area contributed by atoms with Gasteiger partial charge in [0, 0.05) is 12.1 Å². The first kappa shape index (κ1) is 13.7. The zero-order valence-corrected chi connectivity index (χ0v) is 11.6. The van der Waals surface area contributed by atoms with E-state index in [9.17, 15) is 4.79 Å². The molecule has 0 aliphatic heterocycles. The SMILES string of the molecule is COc1cc(CNC(=O)C2(N)CC2)c(OC)cc1C. The van der Waals surface area contributed by atoms with E-state index in [1.54, 1.807) is 14.2 Å². The van der Waals surface area contributed by atoms with Crippen LogP contribution in [0.4, 0.5) is 0 Å². The number of methoxy groups -OCH3 is 2. The van der Waals surface area contributed by atoms with Crippen molar-refractivity contribution < 1.29 is 14.3 Å². The first-order valence-electron chi connectivity index (χ1n) is 6.29. The van der Waals surface area contributed by atoms with Crippen LogP contribution >= 0.6 is 0 Å². The number of nitrogens with one attached hydrogen (secondary N) is 1. The quantitative estimate of drug-likeness (QED) is 0.836. The Morgan fingerprint density at radius 3 is 2.47 bits per heavy atom. The Bertz CT molecular complexity index is 496. The lowest BCUT2D eigenvalue weighted by molar-refractivity contribution is -0.123. The Labute approximate surface area is 113 Å². The molecule has 1 fully saturated rings. The minimum absolute atomic E-state index is 0.103. The second-order valence-corrected chi connectivity index (χ2v) is 4.97. The molecule has 0 radical (unpaired) electrons. The summed E-state index contributed by atoms with van der Waals surface area (Å²) in [4.78, 5) is 11.8. The van der Waals surface area contributed by atoms with E-state index in [1.165, 1.54) is 0 Å². The average Bonchev–Trinajstić information content (AvgIpc) is 3.15. The minimum Gasteiger partial charge on any atom is -0.496 e. The molecular weight excluding hydrogens is 244 g/mol. The van der Waals surface area contributed by atoms with Gasteiger partial charge in [-0.3, -0.25) is 4.79 Å². The molecule has 0 saturated heterocycles. The van der Waals surface area contributed by atoms with Crippen LogP contribution in [0, 0.1) is 6.92 Å². The van der Waals surface area contributed by atoms with Gasteiger partial charge in [0.2, 0.25) is 5.91 Å². The number of aryl methyl sites for hydroxylation is 1. The van der Waals surface area contributed by atoms with Crippen molar-refractivity contribution in [3.63, 3.8) is 0 Å². The lowest BCUT2D eigenvalue weighted by Gasteiger charge is -2.15. The van der Waals surface area contributed by atoms with Crippen molar-refractivity contribution in [1.29, 1.82) is 0 Å². The second kappa shape index (κ2) is 5.09. The maximum absolute atomic E-state index is 11.8. The molecule has 0 heterocycles. The minimum atomic E-state index is -0.651. The number of hydrogen-bond donors (Lipinski definition) is 2. The smallest absolute Gasteiger partial charge is 0.240 e. The Morgan fingerprint density at radius 2 is 1.95 bits per heavy atom. The van der Waals surface area contributed by atoms with Crippen molar-refractivity contribution in [2.24, 2.45) is 5.73 Å². The van der Waals surface area contributed by atoms with Gasteiger partial charge in [-0.2, -0.15) is 0 Å². The predicted molar refractivity (Wildman–Crippen MR) is 72.3 cm³/mol. The lowest BCUT2D eigenvalue weighted by atomic mass is 10.1. The molecule has 104 valence electrons. The zero-order valence-electron chi connectivity index (χ0n) is 11.6. The molecule has 1 aliphatic rings. The first-order valence-corrected chi connectivity index (χ1v) is 6.29. The molecule has 5 heteroatoms. The highest BCUT2D eigenvalue weighted by Crippen LogP contribution is 2.33. The second-order valence-electron chi connectivity index (χ2n) is 4.97. The monoisotopic (exact) mass is 264 g/mol. The summed E-state index contributed by atoms with van der Waals surface area (Å²) in [6.45, 7) is 2.33. The van der Waals surface area contributed by atoms with Crippen LogP contribution in [-0.2, 0) is 11.3 Å². The maximum Gasteiger partial charge on any atom is 0.240 e. The van der Waals surface area contributed by atoms with Crippen LogP contribution in [0.1, 0.15) is 24.0 Å². The highest BCUT2D eigenvalue weighted by Gasteiger charge is 2.45. The number of benzene rings is 1. The molecule has 19 heavy (non-hydrogen) atoms. The van der Waals surface area contributed by atoms with Crippen molar-refractivity contribution in [1.82, 2.24) is 5.32 Å². The molecule has 5 nitrogen and oxygen atoms in total. The summed E-state index contributed by atoms with van der Waals surface area (Å²) >= 11 is 0. The largest absolute Gasteiger partial charge is 0.496 e. The number of hydrogen-bond acceptors (Lipinski definition) is 4. The van der Waals surface area contributed by atoms with Crippen LogP contribution in [0.15, 0.2) is 12.1 Å². The Kier molecular flexibility index (Phi) is 3.66. The molecule has 1 aliphatic carbocycles. The van der Waals surface area contributed by atoms with Crippen molar-refractivity contribution in [3.05, 3.63) is 23.3 Å². The molecule has 1 aromatic rings. The molecule has 0 unspecified atom stereocenters. The molecule has 1 saturated carbocycles. The Morgan fingerprint density at radius 1 is 1.32 bits per heavy atom. The van der Waals surface area contributed by atoms with E-state index in [1.807, 2.05) is 19.1 Å². The Balaban J connectivity index is 2.12. The number of rotatable bonds is 5. The van der Waals surface area contributed by atoms with Gasteiger partial charge in [0.05, 0.1) is 19.8 Å². The van der Waals surface area contributed by atoms with Crippen LogP contribution in [0.25, 0.3) is 0 Å². The van der Waals surface area contributed by atoms with Crippen molar-refractivity contribution >= 4 is 5.91 Å². The highest BCUT2D eigenvalue weighted by molar-refractivity contribution is 5.88. The first-order chi connectivity index (χ1) is 9.00. The van der Waals surface area contributed by atoms with Crippen LogP contribution in [0.3, 0.4) is 0 Å². The van der Waals surface area contributed by atoms with E-state index in [-0.39, 0.29) is 5.91 Å². The normalized spacial score (nSPS) is 15.8. The van der Waals surface area contributed by atoms with E-state index < -0.39 is 5.54 Å². The van der Waals surface area contributed by atoms with Gasteiger partial charge in [-0.15, -0.1) is 0 Å². The summed E-state index contributed by atoms with van der Waals surface area (Å²) in [5.41, 5.74) is 7.06. The van der Waals surface area contributed by atoms with Gasteiger partial charge < -0.3 is 20.5 Å². The maximum atomic E-state index is 11.8. The summed E-state index contributed by atoms with van der Waals surface area (Å²) in [7, 11) is 3.23. The number of amides is 1. The lowest BCUT2D eigenvalue weighted by Crippen LogP contribution is -2.42. The van der Waals surface area contributed by atoms with Gasteiger partial charge in [-0.25, -0.2) is 0 Å². The fourth-order valence-corrected chi connectivity index (χ4v) is 1.97. The van der Waals surface area contributed by atoms with E-state index in [2.05, 4.69) is 5.32 Å². The van der Waals surface area contributed by atoms with Crippen LogP contribution in [0.2, 0.25) is 0 Å². The van der Waals surface area contributed by atoms with Gasteiger partial charge in [0.25, 0.3) is 0 Å². The van der Waals surface area contributed by atoms with E-state index >= 15 is 0 Å². The van der Waals surface area contributed by atoms with Crippen molar-refractivity contribution in [2.45, 2.75) is 31.8 Å². The molecule has 0 aromatic heterocycles. The summed E-state index contributed by atoms with van der Waals surface area (Å²) in [5, 5.41) is 2.85. The number of carbonyl (C=O) groups excluding carboxylic acids is 1. The van der Waals surface area contributed by atoms with Crippen LogP contribution in [-0.4, -0.2) is 25.7 Å². The van der Waals surface area contributed by atoms with Crippen molar-refractivity contribution in [3.8, 4) is 11.5 Å². The molecule has 0 atom stereocenters. The summed E-state index contributed by atoms with van der Waals surface area (Å²) < 4.78 is 10.6. The fraction of sp³-hybridized carbons (Fsp3) is 0.500. The van der Waals surface area contributed by atoms with Crippen molar-refractivity contribution in [2.75, 3.05) is 14.2 Å². The molecule has 3 N–H and O–H groups in total. The molecule has 0 bridgehead atoms. The summed E-state index contributed by atoms with van der Waals surface area (Å²) in [6, 6.07) is 3.78.